The van der Waals surface area contributed by atoms with Crippen LogP contribution in [0.1, 0.15) is 50.4 Å². The van der Waals surface area contributed by atoms with Gasteiger partial charge in [0.1, 0.15) is 11.9 Å². The predicted octanol–water partition coefficient (Wildman–Crippen LogP) is 6.93. The third-order valence-corrected chi connectivity index (χ3v) is 7.40. The van der Waals surface area contributed by atoms with E-state index in [1.165, 1.54) is 23.4 Å². The van der Waals surface area contributed by atoms with Crippen LogP contribution in [0.25, 0.3) is 0 Å². The monoisotopic (exact) mass is 527 g/mol. The molecule has 8 heteroatoms. The number of nitrogens with one attached hydrogen (secondary N) is 2. The fourth-order valence-electron chi connectivity index (χ4n) is 4.44. The molecule has 1 atom stereocenters. The quantitative estimate of drug-likeness (QED) is 0.266. The number of para-hydroxylation sites is 1. The van der Waals surface area contributed by atoms with Crippen molar-refractivity contribution in [3.05, 3.63) is 113 Å². The third-order valence-electron chi connectivity index (χ3n) is 6.52. The minimum atomic E-state index is -0.487. The van der Waals surface area contributed by atoms with Gasteiger partial charge >= 0.3 is 0 Å². The number of rotatable bonds is 6. The molecule has 194 valence electrons. The molecular weight excluding hydrogens is 497 g/mol. The first kappa shape index (κ1) is 25.7. The number of nitrogens with zero attached hydrogens (tertiary/aromatic N) is 3. The highest BCUT2D eigenvalue weighted by Crippen LogP contribution is 2.38. The number of carbonyl (C=O) groups excluding carboxylic acids is 1. The summed E-state index contributed by atoms with van der Waals surface area (Å²) >= 11 is 1.36. The Morgan fingerprint density at radius 2 is 1.71 bits per heavy atom. The van der Waals surface area contributed by atoms with Crippen LogP contribution in [0.5, 0.6) is 0 Å². The third kappa shape index (κ3) is 5.36. The molecule has 2 N–H and O–H groups in total. The molecule has 4 aromatic rings. The smallest absolute Gasteiger partial charge is 0.255 e. The number of hydrogen-bond acceptors (Lipinski definition) is 5. The van der Waals surface area contributed by atoms with Gasteiger partial charge in [0, 0.05) is 17.1 Å². The van der Waals surface area contributed by atoms with E-state index < -0.39 is 6.04 Å². The molecule has 0 aliphatic carbocycles. The van der Waals surface area contributed by atoms with Gasteiger partial charge in [-0.15, -0.1) is 5.10 Å². The molecule has 38 heavy (non-hydrogen) atoms. The van der Waals surface area contributed by atoms with E-state index in [2.05, 4.69) is 60.7 Å². The Balaban J connectivity index is 1.51. The topological polar surface area (TPSA) is 71.8 Å². The van der Waals surface area contributed by atoms with Crippen LogP contribution in [0.3, 0.4) is 0 Å². The minimum absolute atomic E-state index is 0.000851. The first-order valence-corrected chi connectivity index (χ1v) is 13.5. The van der Waals surface area contributed by atoms with Crippen molar-refractivity contribution in [1.29, 1.82) is 0 Å². The van der Waals surface area contributed by atoms with Gasteiger partial charge in [-0.05, 0) is 47.2 Å². The number of fused-ring (bicyclic) bond motifs is 1. The number of aromatic nitrogens is 3. The zero-order valence-corrected chi connectivity index (χ0v) is 22.6. The van der Waals surface area contributed by atoms with Crippen molar-refractivity contribution in [3.63, 3.8) is 0 Å². The van der Waals surface area contributed by atoms with Gasteiger partial charge in [0.2, 0.25) is 11.1 Å². The number of benzene rings is 3. The van der Waals surface area contributed by atoms with Crippen LogP contribution in [0.4, 0.5) is 16.0 Å². The van der Waals surface area contributed by atoms with Gasteiger partial charge in [0.05, 0.1) is 5.57 Å². The summed E-state index contributed by atoms with van der Waals surface area (Å²) in [6.07, 6.45) is 0. The number of thioether (sulfide) groups is 1. The molecule has 0 saturated heterocycles. The molecule has 2 heterocycles. The second-order valence-electron chi connectivity index (χ2n) is 10.3. The lowest BCUT2D eigenvalue weighted by molar-refractivity contribution is -0.113. The lowest BCUT2D eigenvalue weighted by atomic mass is 9.85. The number of halogens is 1. The molecule has 0 fully saturated rings. The van der Waals surface area contributed by atoms with Crippen molar-refractivity contribution >= 4 is 29.3 Å². The van der Waals surface area contributed by atoms with E-state index in [9.17, 15) is 9.18 Å². The van der Waals surface area contributed by atoms with E-state index >= 15 is 0 Å². The molecular formula is C30H30FN5OS. The standard InChI is InChI=1S/C30H30FN5OS/c1-19-25(27(37)33-23-11-6-5-7-12-23)26(20-14-16-22(17-15-20)30(2,3)4)36-28(32-19)34-29(35-36)38-18-21-10-8-9-13-24(21)31/h5-17,26H,18H2,1-4H3,(H,33,37)(H,32,34,35). The molecule has 0 radical (unpaired) electrons. The Kier molecular flexibility index (Phi) is 7.08. The first-order valence-electron chi connectivity index (χ1n) is 12.5. The van der Waals surface area contributed by atoms with Crippen LogP contribution < -0.4 is 10.6 Å². The van der Waals surface area contributed by atoms with Crippen LogP contribution in [0.2, 0.25) is 0 Å². The Labute approximate surface area is 226 Å². The predicted molar refractivity (Wildman–Crippen MR) is 151 cm³/mol. The molecule has 1 aliphatic rings. The number of anilines is 2. The number of allylic oxidation sites excluding steroid dienone is 1. The minimum Gasteiger partial charge on any atom is -0.328 e. The summed E-state index contributed by atoms with van der Waals surface area (Å²) in [5, 5.41) is 11.6. The maximum Gasteiger partial charge on any atom is 0.255 e. The first-order chi connectivity index (χ1) is 18.2. The van der Waals surface area contributed by atoms with Crippen molar-refractivity contribution in [2.45, 2.75) is 50.1 Å². The second kappa shape index (κ2) is 10.5. The summed E-state index contributed by atoms with van der Waals surface area (Å²) in [4.78, 5) is 18.3. The Morgan fingerprint density at radius 3 is 2.39 bits per heavy atom. The second-order valence-corrected chi connectivity index (χ2v) is 11.2. The van der Waals surface area contributed by atoms with Gasteiger partial charge in [-0.2, -0.15) is 4.98 Å². The van der Waals surface area contributed by atoms with Crippen molar-refractivity contribution in [2.75, 3.05) is 10.6 Å². The van der Waals surface area contributed by atoms with E-state index in [0.29, 0.717) is 39.4 Å². The highest BCUT2D eigenvalue weighted by molar-refractivity contribution is 7.98. The maximum atomic E-state index is 14.2. The van der Waals surface area contributed by atoms with Crippen LogP contribution in [0.15, 0.2) is 95.3 Å². The van der Waals surface area contributed by atoms with Gasteiger partial charge in [-0.1, -0.05) is 93.2 Å². The average Bonchev–Trinajstić information content (AvgIpc) is 3.30. The van der Waals surface area contributed by atoms with Crippen LogP contribution >= 0.6 is 11.8 Å². The van der Waals surface area contributed by atoms with Gasteiger partial charge < -0.3 is 10.6 Å². The number of amides is 1. The van der Waals surface area contributed by atoms with Gasteiger partial charge in [-0.3, -0.25) is 4.79 Å². The Morgan fingerprint density at radius 1 is 1.03 bits per heavy atom. The van der Waals surface area contributed by atoms with Gasteiger partial charge in [0.25, 0.3) is 5.91 Å². The molecule has 1 amide bonds. The molecule has 5 rings (SSSR count). The summed E-state index contributed by atoms with van der Waals surface area (Å²) in [7, 11) is 0. The highest BCUT2D eigenvalue weighted by Gasteiger charge is 2.34. The van der Waals surface area contributed by atoms with Crippen molar-refractivity contribution < 1.29 is 9.18 Å². The van der Waals surface area contributed by atoms with Crippen molar-refractivity contribution in [3.8, 4) is 0 Å². The fourth-order valence-corrected chi connectivity index (χ4v) is 5.25. The molecule has 0 bridgehead atoms. The molecule has 0 saturated carbocycles. The number of hydrogen-bond donors (Lipinski definition) is 2. The highest BCUT2D eigenvalue weighted by atomic mass is 32.2. The van der Waals surface area contributed by atoms with E-state index in [0.717, 1.165) is 5.56 Å². The van der Waals surface area contributed by atoms with Crippen LogP contribution in [0, 0.1) is 5.82 Å². The summed E-state index contributed by atoms with van der Waals surface area (Å²) in [5.74, 6) is 0.471. The lowest BCUT2D eigenvalue weighted by Crippen LogP contribution is -2.31. The molecule has 1 aromatic heterocycles. The normalized spacial score (nSPS) is 15.1. The van der Waals surface area contributed by atoms with Crippen molar-refractivity contribution in [2.24, 2.45) is 0 Å². The van der Waals surface area contributed by atoms with Gasteiger partial charge in [0.15, 0.2) is 0 Å². The zero-order valence-electron chi connectivity index (χ0n) is 21.8. The Bertz CT molecular complexity index is 1490. The average molecular weight is 528 g/mol. The summed E-state index contributed by atoms with van der Waals surface area (Å²) in [6, 6.07) is 23.9. The van der Waals surface area contributed by atoms with Crippen LogP contribution in [-0.2, 0) is 16.0 Å². The van der Waals surface area contributed by atoms with E-state index in [-0.39, 0.29) is 17.1 Å². The Hall–Kier alpha value is -3.91. The molecule has 0 spiro atoms. The summed E-state index contributed by atoms with van der Waals surface area (Å²) in [5.41, 5.74) is 4.69. The fraction of sp³-hybridized carbons (Fsp3) is 0.233. The van der Waals surface area contributed by atoms with E-state index in [1.54, 1.807) is 16.8 Å². The number of carbonyl (C=O) groups is 1. The maximum absolute atomic E-state index is 14.2. The van der Waals surface area contributed by atoms with E-state index in [4.69, 9.17) is 5.10 Å². The summed E-state index contributed by atoms with van der Waals surface area (Å²) in [6.45, 7) is 8.39. The van der Waals surface area contributed by atoms with Crippen molar-refractivity contribution in [1.82, 2.24) is 14.8 Å². The summed E-state index contributed by atoms with van der Waals surface area (Å²) < 4.78 is 15.9. The molecule has 3 aromatic carbocycles. The SMILES string of the molecule is CC1=C(C(=O)Nc2ccccc2)C(c2ccc(C(C)(C)C)cc2)n2nc(SCc3ccccc3F)nc2N1. The molecule has 1 aliphatic heterocycles. The largest absolute Gasteiger partial charge is 0.328 e. The molecule has 6 nitrogen and oxygen atoms in total. The van der Waals surface area contributed by atoms with Gasteiger partial charge in [-0.25, -0.2) is 9.07 Å². The molecule has 1 unspecified atom stereocenters. The lowest BCUT2D eigenvalue weighted by Gasteiger charge is -2.29. The zero-order chi connectivity index (χ0) is 26.9. The van der Waals surface area contributed by atoms with Crippen LogP contribution in [-0.4, -0.2) is 20.7 Å². The van der Waals surface area contributed by atoms with E-state index in [1.807, 2.05) is 43.3 Å².